The van der Waals surface area contributed by atoms with E-state index in [1.54, 1.807) is 18.3 Å². The normalized spacial score (nSPS) is 25.4. The lowest BCUT2D eigenvalue weighted by molar-refractivity contribution is 0.544. The standard InChI is InChI=1S/C15H16N2O2S/c1-11-8-9-14(16-10-11)20(18,19)17-12(2)15(17)13-6-4-3-5-7-13/h3-10,12,15H,1-2H3/t12-,15+,17?/m1/s1. The van der Waals surface area contributed by atoms with Crippen LogP contribution in [0.1, 0.15) is 24.1 Å². The number of pyridine rings is 1. The Morgan fingerprint density at radius 1 is 1.10 bits per heavy atom. The van der Waals surface area contributed by atoms with Crippen LogP contribution in [0, 0.1) is 6.92 Å². The van der Waals surface area contributed by atoms with Crippen molar-refractivity contribution < 1.29 is 8.42 Å². The maximum absolute atomic E-state index is 12.6. The molecule has 104 valence electrons. The summed E-state index contributed by atoms with van der Waals surface area (Å²) < 4.78 is 26.6. The van der Waals surface area contributed by atoms with Crippen molar-refractivity contribution in [2.24, 2.45) is 0 Å². The lowest BCUT2D eigenvalue weighted by atomic mass is 10.1. The monoisotopic (exact) mass is 288 g/mol. The molecule has 1 aliphatic rings. The largest absolute Gasteiger partial charge is 0.261 e. The zero-order valence-corrected chi connectivity index (χ0v) is 12.2. The third kappa shape index (κ3) is 2.13. The van der Waals surface area contributed by atoms with Crippen LogP contribution >= 0.6 is 0 Å². The zero-order valence-electron chi connectivity index (χ0n) is 11.4. The minimum Gasteiger partial charge on any atom is -0.243 e. The number of rotatable bonds is 3. The van der Waals surface area contributed by atoms with Crippen LogP contribution in [0.2, 0.25) is 0 Å². The van der Waals surface area contributed by atoms with Gasteiger partial charge in [-0.05, 0) is 31.0 Å². The lowest BCUT2D eigenvalue weighted by Crippen LogP contribution is -2.15. The number of sulfonamides is 1. The van der Waals surface area contributed by atoms with Crippen molar-refractivity contribution >= 4 is 10.0 Å². The van der Waals surface area contributed by atoms with Gasteiger partial charge in [0.1, 0.15) is 0 Å². The summed E-state index contributed by atoms with van der Waals surface area (Å²) in [6.45, 7) is 3.81. The number of aryl methyl sites for hydroxylation is 1. The van der Waals surface area contributed by atoms with E-state index in [-0.39, 0.29) is 17.1 Å². The molecule has 1 aliphatic heterocycles. The summed E-state index contributed by atoms with van der Waals surface area (Å²) in [5.41, 5.74) is 1.97. The second-order valence-corrected chi connectivity index (χ2v) is 6.89. The highest BCUT2D eigenvalue weighted by Crippen LogP contribution is 2.46. The Morgan fingerprint density at radius 3 is 2.40 bits per heavy atom. The van der Waals surface area contributed by atoms with Crippen LogP contribution < -0.4 is 0 Å². The third-order valence-electron chi connectivity index (χ3n) is 3.61. The molecule has 4 nitrogen and oxygen atoms in total. The van der Waals surface area contributed by atoms with Gasteiger partial charge in [0.25, 0.3) is 10.0 Å². The van der Waals surface area contributed by atoms with Crippen molar-refractivity contribution in [3.63, 3.8) is 0 Å². The quantitative estimate of drug-likeness (QED) is 0.815. The molecule has 0 N–H and O–H groups in total. The van der Waals surface area contributed by atoms with Crippen molar-refractivity contribution in [2.75, 3.05) is 0 Å². The van der Waals surface area contributed by atoms with E-state index in [0.717, 1.165) is 11.1 Å². The molecule has 1 fully saturated rings. The second-order valence-electron chi connectivity index (χ2n) is 5.10. The van der Waals surface area contributed by atoms with Gasteiger partial charge >= 0.3 is 0 Å². The predicted molar refractivity (Wildman–Crippen MR) is 76.6 cm³/mol. The highest BCUT2D eigenvalue weighted by atomic mass is 32.2. The van der Waals surface area contributed by atoms with Gasteiger partial charge in [0.05, 0.1) is 6.04 Å². The van der Waals surface area contributed by atoms with E-state index < -0.39 is 10.0 Å². The molecule has 0 radical (unpaired) electrons. The summed E-state index contributed by atoms with van der Waals surface area (Å²) in [5, 5.41) is 0.119. The smallest absolute Gasteiger partial charge is 0.243 e. The van der Waals surface area contributed by atoms with E-state index in [2.05, 4.69) is 4.98 Å². The summed E-state index contributed by atoms with van der Waals surface area (Å²) in [5.74, 6) is 0. The van der Waals surface area contributed by atoms with E-state index in [9.17, 15) is 8.42 Å². The Hall–Kier alpha value is -1.72. The molecular weight excluding hydrogens is 272 g/mol. The first kappa shape index (κ1) is 13.3. The number of nitrogens with zero attached hydrogens (tertiary/aromatic N) is 2. The van der Waals surface area contributed by atoms with Gasteiger partial charge < -0.3 is 0 Å². The Bertz CT molecular complexity index is 711. The second kappa shape index (κ2) is 4.68. The summed E-state index contributed by atoms with van der Waals surface area (Å²) in [6.07, 6.45) is 1.58. The van der Waals surface area contributed by atoms with Crippen molar-refractivity contribution in [1.82, 2.24) is 9.29 Å². The maximum Gasteiger partial charge on any atom is 0.261 e. The first-order valence-electron chi connectivity index (χ1n) is 6.53. The molecule has 3 rings (SSSR count). The first-order chi connectivity index (χ1) is 9.51. The van der Waals surface area contributed by atoms with Crippen LogP contribution in [0.3, 0.4) is 0 Å². The van der Waals surface area contributed by atoms with Crippen LogP contribution in [0.5, 0.6) is 0 Å². The summed E-state index contributed by atoms with van der Waals surface area (Å²) in [4.78, 5) is 4.04. The molecule has 2 aromatic rings. The average Bonchev–Trinajstić information content (AvgIpc) is 3.13. The van der Waals surface area contributed by atoms with Gasteiger partial charge in [-0.2, -0.15) is 4.31 Å². The molecule has 5 heteroatoms. The molecule has 0 bridgehead atoms. The SMILES string of the molecule is Cc1ccc(S(=O)(=O)N2[C@H](C)[C@H]2c2ccccc2)nc1. The van der Waals surface area contributed by atoms with Crippen molar-refractivity contribution in [1.29, 1.82) is 0 Å². The Morgan fingerprint density at radius 2 is 1.80 bits per heavy atom. The van der Waals surface area contributed by atoms with Gasteiger partial charge in [-0.15, -0.1) is 0 Å². The maximum atomic E-state index is 12.6. The van der Waals surface area contributed by atoms with Crippen LogP contribution in [0.15, 0.2) is 53.7 Å². The molecule has 0 spiro atoms. The molecule has 0 amide bonds. The Balaban J connectivity index is 1.92. The molecule has 2 heterocycles. The van der Waals surface area contributed by atoms with Crippen LogP contribution in [-0.2, 0) is 10.0 Å². The number of benzene rings is 1. The van der Waals surface area contributed by atoms with E-state index >= 15 is 0 Å². The molecule has 1 unspecified atom stereocenters. The molecule has 1 aromatic carbocycles. The molecule has 0 aliphatic carbocycles. The summed E-state index contributed by atoms with van der Waals surface area (Å²) in [7, 11) is -3.51. The van der Waals surface area contributed by atoms with Crippen LogP contribution in [0.25, 0.3) is 0 Å². The summed E-state index contributed by atoms with van der Waals surface area (Å²) >= 11 is 0. The van der Waals surface area contributed by atoms with Crippen molar-refractivity contribution in [3.05, 3.63) is 59.8 Å². The van der Waals surface area contributed by atoms with Crippen molar-refractivity contribution in [2.45, 2.75) is 31.0 Å². The third-order valence-corrected chi connectivity index (χ3v) is 5.49. The van der Waals surface area contributed by atoms with E-state index in [0.29, 0.717) is 0 Å². The summed E-state index contributed by atoms with van der Waals surface area (Å²) in [6, 6.07) is 12.9. The van der Waals surface area contributed by atoms with E-state index in [1.807, 2.05) is 44.2 Å². The van der Waals surface area contributed by atoms with Crippen molar-refractivity contribution in [3.8, 4) is 0 Å². The number of aromatic nitrogens is 1. The van der Waals surface area contributed by atoms with Gasteiger partial charge in [0.2, 0.25) is 0 Å². The van der Waals surface area contributed by atoms with Crippen LogP contribution in [-0.4, -0.2) is 23.7 Å². The topological polar surface area (TPSA) is 50.0 Å². The molecule has 1 saturated heterocycles. The fraction of sp³-hybridized carbons (Fsp3) is 0.267. The number of hydrogen-bond acceptors (Lipinski definition) is 3. The zero-order chi connectivity index (χ0) is 14.3. The Labute approximate surface area is 119 Å². The van der Waals surface area contributed by atoms with Gasteiger partial charge in [-0.25, -0.2) is 13.4 Å². The number of hydrogen-bond donors (Lipinski definition) is 0. The molecule has 20 heavy (non-hydrogen) atoms. The lowest BCUT2D eigenvalue weighted by Gasteiger charge is -2.06. The first-order valence-corrected chi connectivity index (χ1v) is 7.97. The van der Waals surface area contributed by atoms with Gasteiger partial charge in [-0.1, -0.05) is 36.4 Å². The fourth-order valence-electron chi connectivity index (χ4n) is 2.48. The highest BCUT2D eigenvalue weighted by molar-refractivity contribution is 7.89. The minimum absolute atomic E-state index is 0.0227. The molecule has 0 saturated carbocycles. The molecular formula is C15H16N2O2S. The van der Waals surface area contributed by atoms with Gasteiger partial charge in [0.15, 0.2) is 5.03 Å². The van der Waals surface area contributed by atoms with Gasteiger partial charge in [-0.3, -0.25) is 0 Å². The molecule has 3 atom stereocenters. The Kier molecular flexibility index (Phi) is 3.11. The van der Waals surface area contributed by atoms with Gasteiger partial charge in [0, 0.05) is 12.2 Å². The average molecular weight is 288 g/mol. The van der Waals surface area contributed by atoms with Crippen LogP contribution in [0.4, 0.5) is 0 Å². The molecule has 1 aromatic heterocycles. The van der Waals surface area contributed by atoms with E-state index in [1.165, 1.54) is 4.31 Å². The fourth-order valence-corrected chi connectivity index (χ4v) is 4.22. The highest BCUT2D eigenvalue weighted by Gasteiger charge is 2.53. The van der Waals surface area contributed by atoms with E-state index in [4.69, 9.17) is 0 Å². The minimum atomic E-state index is -3.51. The predicted octanol–water partition coefficient (Wildman–Crippen LogP) is 2.52.